The summed E-state index contributed by atoms with van der Waals surface area (Å²) in [5.74, 6) is -0.126. The Kier molecular flexibility index (Phi) is 4.00. The number of thioether (sulfide) groups is 1. The van der Waals surface area contributed by atoms with Gasteiger partial charge < -0.3 is 0 Å². The Morgan fingerprint density at radius 2 is 2.00 bits per heavy atom. The molecule has 2 heterocycles. The second-order valence-corrected chi connectivity index (χ2v) is 8.43. The van der Waals surface area contributed by atoms with E-state index in [9.17, 15) is 18.0 Å². The van der Waals surface area contributed by atoms with E-state index in [1.165, 1.54) is 9.21 Å². The highest BCUT2D eigenvalue weighted by atomic mass is 32.2. The number of sulfonamides is 1. The molecule has 0 bridgehead atoms. The number of hydrogen-bond acceptors (Lipinski definition) is 5. The molecule has 1 aromatic carbocycles. The summed E-state index contributed by atoms with van der Waals surface area (Å²) in [6, 6.07) is 7.06. The second-order valence-electron chi connectivity index (χ2n) is 5.53. The molecule has 0 unspecified atom stereocenters. The molecule has 0 saturated carbocycles. The van der Waals surface area contributed by atoms with E-state index < -0.39 is 10.0 Å². The van der Waals surface area contributed by atoms with E-state index in [2.05, 4.69) is 0 Å². The third-order valence-electron chi connectivity index (χ3n) is 3.80. The number of nitrogens with zero attached hydrogens (tertiary/aromatic N) is 2. The summed E-state index contributed by atoms with van der Waals surface area (Å²) < 4.78 is 26.0. The topological polar surface area (TPSA) is 74.8 Å². The predicted octanol–water partition coefficient (Wildman–Crippen LogP) is 1.20. The van der Waals surface area contributed by atoms with Crippen LogP contribution in [0, 0.1) is 6.92 Å². The number of carbonyl (C=O) groups excluding carboxylic acids is 2. The summed E-state index contributed by atoms with van der Waals surface area (Å²) in [6.07, 6.45) is 0. The summed E-state index contributed by atoms with van der Waals surface area (Å²) in [5, 5.41) is -0.272. The minimum Gasteiger partial charge on any atom is -0.273 e. The van der Waals surface area contributed by atoms with Crippen LogP contribution in [0.3, 0.4) is 0 Å². The molecular weight excluding hydrogens is 324 g/mol. The Morgan fingerprint density at radius 3 is 2.59 bits per heavy atom. The van der Waals surface area contributed by atoms with Gasteiger partial charge in [0.25, 0.3) is 5.24 Å². The monoisotopic (exact) mass is 340 g/mol. The molecule has 0 atom stereocenters. The van der Waals surface area contributed by atoms with Crippen molar-refractivity contribution < 1.29 is 18.0 Å². The average molecular weight is 340 g/mol. The zero-order chi connectivity index (χ0) is 15.9. The Morgan fingerprint density at radius 1 is 1.27 bits per heavy atom. The van der Waals surface area contributed by atoms with Gasteiger partial charge in [-0.2, -0.15) is 4.31 Å². The SMILES string of the molecule is Cc1cccc(CS(=O)(=O)N2CC(N3C(=O)CSC3=O)C2)c1. The molecule has 3 rings (SSSR count). The Labute approximate surface area is 133 Å². The highest BCUT2D eigenvalue weighted by Crippen LogP contribution is 2.28. The minimum absolute atomic E-state index is 0.0575. The van der Waals surface area contributed by atoms with E-state index in [0.717, 1.165) is 22.9 Å². The molecule has 2 fully saturated rings. The maximum atomic E-state index is 12.3. The molecule has 0 radical (unpaired) electrons. The summed E-state index contributed by atoms with van der Waals surface area (Å²) in [5.41, 5.74) is 1.76. The number of imide groups is 1. The van der Waals surface area contributed by atoms with Crippen LogP contribution in [0.4, 0.5) is 4.79 Å². The Hall–Kier alpha value is -1.38. The fraction of sp³-hybridized carbons (Fsp3) is 0.429. The van der Waals surface area contributed by atoms with Crippen molar-refractivity contribution in [3.8, 4) is 0 Å². The van der Waals surface area contributed by atoms with Crippen LogP contribution in [0.15, 0.2) is 24.3 Å². The van der Waals surface area contributed by atoms with E-state index in [1.54, 1.807) is 6.07 Å². The van der Waals surface area contributed by atoms with E-state index in [-0.39, 0.29) is 41.8 Å². The average Bonchev–Trinajstić information content (AvgIpc) is 2.68. The second kappa shape index (κ2) is 5.68. The van der Waals surface area contributed by atoms with Crippen LogP contribution in [-0.2, 0) is 20.6 Å². The smallest absolute Gasteiger partial charge is 0.273 e. The van der Waals surface area contributed by atoms with Crippen LogP contribution in [0.5, 0.6) is 0 Å². The molecular formula is C14H16N2O4S2. The third kappa shape index (κ3) is 2.90. The summed E-state index contributed by atoms with van der Waals surface area (Å²) in [4.78, 5) is 24.4. The zero-order valence-electron chi connectivity index (χ0n) is 12.1. The van der Waals surface area contributed by atoms with Crippen molar-refractivity contribution in [3.63, 3.8) is 0 Å². The van der Waals surface area contributed by atoms with Gasteiger partial charge in [0, 0.05) is 13.1 Å². The van der Waals surface area contributed by atoms with Gasteiger partial charge in [-0.05, 0) is 12.5 Å². The number of amides is 2. The molecule has 0 spiro atoms. The van der Waals surface area contributed by atoms with Crippen LogP contribution < -0.4 is 0 Å². The predicted molar refractivity (Wildman–Crippen MR) is 83.9 cm³/mol. The van der Waals surface area contributed by atoms with Crippen molar-refractivity contribution in [2.24, 2.45) is 0 Å². The number of hydrogen-bond donors (Lipinski definition) is 0. The number of aryl methyl sites for hydroxylation is 1. The maximum absolute atomic E-state index is 12.3. The highest BCUT2D eigenvalue weighted by Gasteiger charge is 2.45. The minimum atomic E-state index is -3.41. The Balaban J connectivity index is 1.64. The number of benzene rings is 1. The maximum Gasteiger partial charge on any atom is 0.289 e. The van der Waals surface area contributed by atoms with Gasteiger partial charge in [0.15, 0.2) is 0 Å². The fourth-order valence-corrected chi connectivity index (χ4v) is 4.99. The van der Waals surface area contributed by atoms with E-state index in [4.69, 9.17) is 0 Å². The van der Waals surface area contributed by atoms with Crippen molar-refractivity contribution >= 4 is 32.9 Å². The zero-order valence-corrected chi connectivity index (χ0v) is 13.7. The quantitative estimate of drug-likeness (QED) is 0.823. The lowest BCUT2D eigenvalue weighted by Crippen LogP contribution is -2.62. The molecule has 22 heavy (non-hydrogen) atoms. The molecule has 2 aliphatic heterocycles. The molecule has 118 valence electrons. The van der Waals surface area contributed by atoms with Gasteiger partial charge in [-0.25, -0.2) is 8.42 Å². The van der Waals surface area contributed by atoms with Crippen LogP contribution >= 0.6 is 11.8 Å². The molecule has 0 aromatic heterocycles. The van der Waals surface area contributed by atoms with Gasteiger partial charge in [-0.3, -0.25) is 14.5 Å². The molecule has 2 amide bonds. The van der Waals surface area contributed by atoms with Gasteiger partial charge in [-0.15, -0.1) is 0 Å². The Bertz CT molecular complexity index is 710. The van der Waals surface area contributed by atoms with Crippen LogP contribution in [0.1, 0.15) is 11.1 Å². The first-order valence-corrected chi connectivity index (χ1v) is 9.48. The molecule has 2 aliphatic rings. The van der Waals surface area contributed by atoms with Gasteiger partial charge in [0.2, 0.25) is 15.9 Å². The van der Waals surface area contributed by atoms with Gasteiger partial charge in [0.05, 0.1) is 17.5 Å². The first kappa shape index (κ1) is 15.5. The van der Waals surface area contributed by atoms with Crippen molar-refractivity contribution in [1.29, 1.82) is 0 Å². The lowest BCUT2D eigenvalue weighted by molar-refractivity contribution is -0.127. The first-order chi connectivity index (χ1) is 10.4. The normalized spacial score (nSPS) is 20.5. The molecule has 0 N–H and O–H groups in total. The molecule has 2 saturated heterocycles. The van der Waals surface area contributed by atoms with E-state index in [0.29, 0.717) is 0 Å². The largest absolute Gasteiger partial charge is 0.289 e. The van der Waals surface area contributed by atoms with Gasteiger partial charge in [-0.1, -0.05) is 41.6 Å². The molecule has 1 aromatic rings. The van der Waals surface area contributed by atoms with Gasteiger partial charge in [0.1, 0.15) is 0 Å². The van der Waals surface area contributed by atoms with Crippen LogP contribution in [0.25, 0.3) is 0 Å². The highest BCUT2D eigenvalue weighted by molar-refractivity contribution is 8.14. The number of rotatable bonds is 4. The van der Waals surface area contributed by atoms with Crippen molar-refractivity contribution in [1.82, 2.24) is 9.21 Å². The molecule has 6 nitrogen and oxygen atoms in total. The molecule has 0 aliphatic carbocycles. The van der Waals surface area contributed by atoms with E-state index >= 15 is 0 Å². The lowest BCUT2D eigenvalue weighted by atomic mass is 10.1. The van der Waals surface area contributed by atoms with E-state index in [1.807, 2.05) is 25.1 Å². The number of carbonyl (C=O) groups is 2. The van der Waals surface area contributed by atoms with Crippen molar-refractivity contribution in [2.45, 2.75) is 18.7 Å². The third-order valence-corrected chi connectivity index (χ3v) is 6.42. The molecule has 8 heteroatoms. The standard InChI is InChI=1S/C14H16N2O4S2/c1-10-3-2-4-11(5-10)9-22(19,20)15-6-12(7-15)16-13(17)8-21-14(16)18/h2-5,12H,6-9H2,1H3. The van der Waals surface area contributed by atoms with Crippen LogP contribution in [-0.4, -0.2) is 53.7 Å². The van der Waals surface area contributed by atoms with Gasteiger partial charge >= 0.3 is 0 Å². The first-order valence-electron chi connectivity index (χ1n) is 6.89. The summed E-state index contributed by atoms with van der Waals surface area (Å²) in [6.45, 7) is 2.32. The van der Waals surface area contributed by atoms with Crippen molar-refractivity contribution in [3.05, 3.63) is 35.4 Å². The van der Waals surface area contributed by atoms with Crippen LogP contribution in [0.2, 0.25) is 0 Å². The fourth-order valence-electron chi connectivity index (χ4n) is 2.63. The van der Waals surface area contributed by atoms with Crippen molar-refractivity contribution in [2.75, 3.05) is 18.8 Å². The lowest BCUT2D eigenvalue weighted by Gasteiger charge is -2.41. The summed E-state index contributed by atoms with van der Waals surface area (Å²) >= 11 is 0.973. The summed E-state index contributed by atoms with van der Waals surface area (Å²) in [7, 11) is -3.41.